The molecule has 1 atom stereocenters. The molecule has 0 radical (unpaired) electrons. The standard InChI is InChI=1S/C12H17F2NO2S2/c1-9(8-18-2)7-15-10-5-3-4-6-11(10)19(16,17)12(13)14/h3-6,9,12,15H,7-8H2,1-2H3. The van der Waals surface area contributed by atoms with Crippen LogP contribution in [0.25, 0.3) is 0 Å². The van der Waals surface area contributed by atoms with E-state index in [2.05, 4.69) is 5.32 Å². The van der Waals surface area contributed by atoms with Crippen LogP contribution in [0.4, 0.5) is 14.5 Å². The minimum absolute atomic E-state index is 0.232. The van der Waals surface area contributed by atoms with Gasteiger partial charge in [-0.3, -0.25) is 0 Å². The average molecular weight is 309 g/mol. The van der Waals surface area contributed by atoms with Crippen LogP contribution in [0, 0.1) is 5.92 Å². The van der Waals surface area contributed by atoms with Crippen LogP contribution in [-0.4, -0.2) is 32.7 Å². The first-order chi connectivity index (χ1) is 8.89. The summed E-state index contributed by atoms with van der Waals surface area (Å²) in [6.45, 7) is 2.55. The van der Waals surface area contributed by atoms with Gasteiger partial charge < -0.3 is 5.32 Å². The highest BCUT2D eigenvalue weighted by Gasteiger charge is 2.28. The molecule has 19 heavy (non-hydrogen) atoms. The van der Waals surface area contributed by atoms with Gasteiger partial charge in [0.1, 0.15) is 0 Å². The lowest BCUT2D eigenvalue weighted by atomic mass is 10.2. The molecule has 0 heterocycles. The minimum Gasteiger partial charge on any atom is -0.384 e. The van der Waals surface area contributed by atoms with Gasteiger partial charge in [0, 0.05) is 6.54 Å². The first kappa shape index (κ1) is 16.2. The molecule has 0 saturated carbocycles. The van der Waals surface area contributed by atoms with Crippen LogP contribution in [-0.2, 0) is 9.84 Å². The molecule has 0 aliphatic rings. The number of hydrogen-bond acceptors (Lipinski definition) is 4. The van der Waals surface area contributed by atoms with Crippen molar-refractivity contribution in [2.24, 2.45) is 5.92 Å². The summed E-state index contributed by atoms with van der Waals surface area (Å²) in [6.07, 6.45) is 1.98. The SMILES string of the molecule is CSCC(C)CNc1ccccc1S(=O)(=O)C(F)F. The quantitative estimate of drug-likeness (QED) is 0.841. The Morgan fingerprint density at radius 3 is 2.53 bits per heavy atom. The van der Waals surface area contributed by atoms with Gasteiger partial charge >= 0.3 is 5.76 Å². The van der Waals surface area contributed by atoms with Gasteiger partial charge in [0.15, 0.2) is 0 Å². The summed E-state index contributed by atoms with van der Waals surface area (Å²) in [5.41, 5.74) is 0.232. The molecule has 1 aromatic carbocycles. The third-order valence-corrected chi connectivity index (χ3v) is 4.86. The van der Waals surface area contributed by atoms with E-state index in [1.54, 1.807) is 17.8 Å². The van der Waals surface area contributed by atoms with Crippen LogP contribution in [0.1, 0.15) is 6.92 Å². The predicted molar refractivity (Wildman–Crippen MR) is 75.7 cm³/mol. The molecule has 1 unspecified atom stereocenters. The number of halogens is 2. The number of anilines is 1. The van der Waals surface area contributed by atoms with Gasteiger partial charge in [-0.2, -0.15) is 20.5 Å². The molecule has 1 rings (SSSR count). The first-order valence-electron chi connectivity index (χ1n) is 5.73. The van der Waals surface area contributed by atoms with E-state index in [9.17, 15) is 17.2 Å². The summed E-state index contributed by atoms with van der Waals surface area (Å²) < 4.78 is 48.2. The second-order valence-corrected chi connectivity index (χ2v) is 7.04. The van der Waals surface area contributed by atoms with Gasteiger partial charge in [0.2, 0.25) is 9.84 Å². The van der Waals surface area contributed by atoms with E-state index in [0.29, 0.717) is 12.5 Å². The van der Waals surface area contributed by atoms with Crippen molar-refractivity contribution in [1.82, 2.24) is 0 Å². The predicted octanol–water partition coefficient (Wildman–Crippen LogP) is 3.09. The summed E-state index contributed by atoms with van der Waals surface area (Å²) in [6, 6.07) is 5.75. The van der Waals surface area contributed by atoms with E-state index >= 15 is 0 Å². The van der Waals surface area contributed by atoms with Crippen molar-refractivity contribution in [2.75, 3.05) is 23.9 Å². The van der Waals surface area contributed by atoms with Gasteiger partial charge in [0.25, 0.3) is 0 Å². The molecule has 0 saturated heterocycles. The molecular formula is C12H17F2NO2S2. The minimum atomic E-state index is -4.57. The fraction of sp³-hybridized carbons (Fsp3) is 0.500. The molecule has 3 nitrogen and oxygen atoms in total. The van der Waals surface area contributed by atoms with E-state index in [1.165, 1.54) is 18.2 Å². The number of rotatable bonds is 7. The second kappa shape index (κ2) is 7.09. The van der Waals surface area contributed by atoms with Gasteiger partial charge in [0.05, 0.1) is 10.6 Å². The number of para-hydroxylation sites is 1. The van der Waals surface area contributed by atoms with Crippen molar-refractivity contribution >= 4 is 27.3 Å². The molecule has 0 amide bonds. The number of sulfone groups is 1. The molecule has 0 bridgehead atoms. The molecule has 0 aromatic heterocycles. The smallest absolute Gasteiger partial charge is 0.341 e. The first-order valence-corrected chi connectivity index (χ1v) is 8.67. The maximum Gasteiger partial charge on any atom is 0.341 e. The highest BCUT2D eigenvalue weighted by atomic mass is 32.2. The van der Waals surface area contributed by atoms with Crippen molar-refractivity contribution in [3.63, 3.8) is 0 Å². The van der Waals surface area contributed by atoms with Crippen molar-refractivity contribution < 1.29 is 17.2 Å². The lowest BCUT2D eigenvalue weighted by Crippen LogP contribution is -2.17. The third-order valence-electron chi connectivity index (χ3n) is 2.52. The van der Waals surface area contributed by atoms with Crippen molar-refractivity contribution in [3.05, 3.63) is 24.3 Å². The molecule has 0 aliphatic heterocycles. The van der Waals surface area contributed by atoms with E-state index in [-0.39, 0.29) is 10.6 Å². The Morgan fingerprint density at radius 2 is 1.95 bits per heavy atom. The van der Waals surface area contributed by atoms with Crippen molar-refractivity contribution in [1.29, 1.82) is 0 Å². The van der Waals surface area contributed by atoms with Crippen molar-refractivity contribution in [2.45, 2.75) is 17.6 Å². The zero-order valence-corrected chi connectivity index (χ0v) is 12.4. The molecular weight excluding hydrogens is 292 g/mol. The molecule has 7 heteroatoms. The average Bonchev–Trinajstić information content (AvgIpc) is 2.37. The Morgan fingerprint density at radius 1 is 1.32 bits per heavy atom. The number of thioether (sulfide) groups is 1. The van der Waals surface area contributed by atoms with Crippen molar-refractivity contribution in [3.8, 4) is 0 Å². The summed E-state index contributed by atoms with van der Waals surface area (Å²) >= 11 is 1.68. The van der Waals surface area contributed by atoms with Crippen LogP contribution in [0.15, 0.2) is 29.2 Å². The Bertz CT molecular complexity index is 506. The summed E-state index contributed by atoms with van der Waals surface area (Å²) in [7, 11) is -4.57. The molecule has 0 fully saturated rings. The Kier molecular flexibility index (Phi) is 6.06. The zero-order chi connectivity index (χ0) is 14.5. The molecule has 1 aromatic rings. The Labute approximate surface area is 116 Å². The van der Waals surface area contributed by atoms with E-state index < -0.39 is 15.6 Å². The lowest BCUT2D eigenvalue weighted by Gasteiger charge is -2.15. The van der Waals surface area contributed by atoms with Crippen LogP contribution in [0.5, 0.6) is 0 Å². The van der Waals surface area contributed by atoms with Gasteiger partial charge in [-0.25, -0.2) is 8.42 Å². The van der Waals surface area contributed by atoms with E-state index in [0.717, 1.165) is 5.75 Å². The molecule has 0 spiro atoms. The highest BCUT2D eigenvalue weighted by molar-refractivity contribution is 7.98. The largest absolute Gasteiger partial charge is 0.384 e. The fourth-order valence-electron chi connectivity index (χ4n) is 1.58. The summed E-state index contributed by atoms with van der Waals surface area (Å²) in [5, 5.41) is 2.93. The Hall–Kier alpha value is -0.820. The third kappa shape index (κ3) is 4.35. The number of nitrogens with one attached hydrogen (secondary N) is 1. The summed E-state index contributed by atoms with van der Waals surface area (Å²) in [4.78, 5) is -0.346. The Balaban J connectivity index is 2.91. The zero-order valence-electron chi connectivity index (χ0n) is 10.8. The summed E-state index contributed by atoms with van der Waals surface area (Å²) in [5.74, 6) is -2.17. The van der Waals surface area contributed by atoms with Gasteiger partial charge in [-0.05, 0) is 30.1 Å². The topological polar surface area (TPSA) is 46.2 Å². The van der Waals surface area contributed by atoms with E-state index in [4.69, 9.17) is 0 Å². The monoisotopic (exact) mass is 309 g/mol. The lowest BCUT2D eigenvalue weighted by molar-refractivity contribution is 0.235. The molecule has 108 valence electrons. The van der Waals surface area contributed by atoms with Crippen LogP contribution >= 0.6 is 11.8 Å². The van der Waals surface area contributed by atoms with Crippen LogP contribution in [0.2, 0.25) is 0 Å². The highest BCUT2D eigenvalue weighted by Crippen LogP contribution is 2.26. The van der Waals surface area contributed by atoms with Gasteiger partial charge in [-0.1, -0.05) is 19.1 Å². The maximum atomic E-state index is 12.6. The van der Waals surface area contributed by atoms with Crippen LogP contribution < -0.4 is 5.32 Å². The normalized spacial score (nSPS) is 13.5. The van der Waals surface area contributed by atoms with E-state index in [1.807, 2.05) is 13.2 Å². The fourth-order valence-corrected chi connectivity index (χ4v) is 3.18. The molecule has 1 N–H and O–H groups in total. The van der Waals surface area contributed by atoms with Gasteiger partial charge in [-0.15, -0.1) is 0 Å². The maximum absolute atomic E-state index is 12.6. The second-order valence-electron chi connectivity index (χ2n) is 4.24. The van der Waals surface area contributed by atoms with Crippen LogP contribution in [0.3, 0.4) is 0 Å². The number of hydrogen-bond donors (Lipinski definition) is 1. The number of alkyl halides is 2. The number of benzene rings is 1. The molecule has 0 aliphatic carbocycles.